The van der Waals surface area contributed by atoms with Crippen LogP contribution in [0.15, 0.2) is 66.7 Å². The summed E-state index contributed by atoms with van der Waals surface area (Å²) in [6, 6.07) is 14.5. The molecule has 3 heterocycles. The Morgan fingerprint density at radius 3 is 2.51 bits per heavy atom. The van der Waals surface area contributed by atoms with Crippen LogP contribution < -0.4 is 15.5 Å². The number of amides is 3. The van der Waals surface area contributed by atoms with Gasteiger partial charge in [-0.05, 0) is 48.4 Å². The smallest absolute Gasteiger partial charge is 0.271 e. The highest BCUT2D eigenvalue weighted by atomic mass is 19.1. The lowest BCUT2D eigenvalue weighted by Crippen LogP contribution is -2.53. The van der Waals surface area contributed by atoms with Crippen LogP contribution >= 0.6 is 0 Å². The number of hydrogen-bond acceptors (Lipinski definition) is 7. The van der Waals surface area contributed by atoms with Gasteiger partial charge in [0.05, 0.1) is 22.4 Å². The third-order valence-corrected chi connectivity index (χ3v) is 7.37. The number of rotatable bonds is 4. The Bertz CT molecular complexity index is 1510. The maximum Gasteiger partial charge on any atom is 0.271 e. The number of nitrogens with one attached hydrogen (secondary N) is 2. The van der Waals surface area contributed by atoms with Gasteiger partial charge in [-0.15, -0.1) is 0 Å². The fourth-order valence-electron chi connectivity index (χ4n) is 5.84. The van der Waals surface area contributed by atoms with Crippen molar-refractivity contribution in [1.29, 1.82) is 0 Å². The van der Waals surface area contributed by atoms with Gasteiger partial charge >= 0.3 is 0 Å². The van der Waals surface area contributed by atoms with Gasteiger partial charge < -0.3 is 10.4 Å². The van der Waals surface area contributed by atoms with Crippen molar-refractivity contribution < 1.29 is 28.8 Å². The van der Waals surface area contributed by atoms with Crippen molar-refractivity contribution in [3.63, 3.8) is 0 Å². The normalized spacial score (nSPS) is 25.9. The highest BCUT2D eigenvalue weighted by Crippen LogP contribution is 2.54. The summed E-state index contributed by atoms with van der Waals surface area (Å²) in [5.74, 6) is -4.68. The number of nitrogens with zero attached hydrogens (tertiary/aromatic N) is 2. The first-order valence-electron chi connectivity index (χ1n) is 11.5. The topological polar surface area (TPSA) is 142 Å². The maximum atomic E-state index is 14.4. The van der Waals surface area contributed by atoms with Crippen molar-refractivity contribution in [2.75, 3.05) is 10.2 Å². The molecule has 0 bridgehead atoms. The van der Waals surface area contributed by atoms with E-state index in [-0.39, 0.29) is 29.1 Å². The number of hydrogen-bond donors (Lipinski definition) is 3. The summed E-state index contributed by atoms with van der Waals surface area (Å²) in [6.45, 7) is 0. The summed E-state index contributed by atoms with van der Waals surface area (Å²) in [7, 11) is 0. The fourth-order valence-corrected chi connectivity index (χ4v) is 5.84. The lowest BCUT2D eigenvalue weighted by atomic mass is 9.76. The zero-order valence-corrected chi connectivity index (χ0v) is 19.1. The third kappa shape index (κ3) is 3.24. The van der Waals surface area contributed by atoms with E-state index in [2.05, 4.69) is 10.6 Å². The standard InChI is InChI=1S/C26H19FN4O6/c27-14-6-9-19-18(11-14)26(25(35)28-19)22-21(20(29-26)10-13-4-7-17(32)8-5-13)23(33)30(24(22)34)15-2-1-3-16(12-15)31(36)37/h1-9,11-12,20-22,29,32H,10H2,(H,28,35)/t20-,21+,22-,26-/m0/s1. The molecule has 3 aliphatic heterocycles. The molecule has 0 saturated carbocycles. The predicted octanol–water partition coefficient (Wildman–Crippen LogP) is 2.61. The first-order chi connectivity index (χ1) is 17.7. The molecule has 1 spiro atoms. The summed E-state index contributed by atoms with van der Waals surface area (Å²) in [5, 5.41) is 26.9. The van der Waals surface area contributed by atoms with Crippen LogP contribution in [0.2, 0.25) is 0 Å². The van der Waals surface area contributed by atoms with Gasteiger partial charge in [0.15, 0.2) is 0 Å². The number of phenolic OH excluding ortho intramolecular Hbond substituents is 1. The van der Waals surface area contributed by atoms with Crippen LogP contribution in [0.1, 0.15) is 11.1 Å². The summed E-state index contributed by atoms with van der Waals surface area (Å²) in [4.78, 5) is 52.8. The van der Waals surface area contributed by atoms with Crippen LogP contribution in [0.3, 0.4) is 0 Å². The second-order valence-corrected chi connectivity index (χ2v) is 9.37. The number of halogens is 1. The average Bonchev–Trinajstić information content (AvgIpc) is 3.45. The Morgan fingerprint density at radius 2 is 1.78 bits per heavy atom. The van der Waals surface area contributed by atoms with Crippen LogP contribution in [-0.4, -0.2) is 33.8 Å². The van der Waals surface area contributed by atoms with E-state index in [4.69, 9.17) is 0 Å². The molecule has 6 rings (SSSR count). The number of non-ortho nitro benzene ring substituents is 1. The molecule has 3 aliphatic rings. The second-order valence-electron chi connectivity index (χ2n) is 9.37. The van der Waals surface area contributed by atoms with Crippen LogP contribution in [0, 0.1) is 27.8 Å². The van der Waals surface area contributed by atoms with E-state index < -0.39 is 51.9 Å². The summed E-state index contributed by atoms with van der Waals surface area (Å²) >= 11 is 0. The molecule has 2 fully saturated rings. The molecule has 0 unspecified atom stereocenters. The molecule has 2 saturated heterocycles. The van der Waals surface area contributed by atoms with E-state index >= 15 is 0 Å². The van der Waals surface area contributed by atoms with Gasteiger partial charge in [0.2, 0.25) is 17.7 Å². The Morgan fingerprint density at radius 1 is 1.03 bits per heavy atom. The summed E-state index contributed by atoms with van der Waals surface area (Å²) < 4.78 is 14.4. The van der Waals surface area contributed by atoms with Gasteiger partial charge in [-0.25, -0.2) is 9.29 Å². The molecule has 3 aromatic rings. The SMILES string of the molecule is O=C1[C@@H]2[C@H](Cc3ccc(O)cc3)N[C@]3(C(=O)Nc4ccc(F)cc43)[C@@H]2C(=O)N1c1cccc([N+](=O)[O-])c1. The molecule has 0 aromatic heterocycles. The van der Waals surface area contributed by atoms with Crippen molar-refractivity contribution in [2.24, 2.45) is 11.8 Å². The number of benzene rings is 3. The van der Waals surface area contributed by atoms with Crippen molar-refractivity contribution in [1.82, 2.24) is 5.32 Å². The number of imide groups is 1. The van der Waals surface area contributed by atoms with Crippen LogP contribution in [0.4, 0.5) is 21.5 Å². The summed E-state index contributed by atoms with van der Waals surface area (Å²) in [6.07, 6.45) is 0.225. The molecule has 37 heavy (non-hydrogen) atoms. The van der Waals surface area contributed by atoms with E-state index in [1.807, 2.05) is 0 Å². The van der Waals surface area contributed by atoms with Gasteiger partial charge in [0.25, 0.3) is 5.69 Å². The van der Waals surface area contributed by atoms with E-state index in [0.29, 0.717) is 5.69 Å². The molecule has 3 amide bonds. The lowest BCUT2D eigenvalue weighted by Gasteiger charge is -2.29. The first-order valence-corrected chi connectivity index (χ1v) is 11.5. The van der Waals surface area contributed by atoms with E-state index in [1.165, 1.54) is 48.5 Å². The zero-order chi connectivity index (χ0) is 26.1. The maximum absolute atomic E-state index is 14.4. The van der Waals surface area contributed by atoms with Crippen LogP contribution in [0.5, 0.6) is 5.75 Å². The van der Waals surface area contributed by atoms with Crippen molar-refractivity contribution in [3.05, 3.63) is 93.8 Å². The molecular weight excluding hydrogens is 483 g/mol. The van der Waals surface area contributed by atoms with Gasteiger partial charge in [0, 0.05) is 29.4 Å². The molecule has 0 radical (unpaired) electrons. The third-order valence-electron chi connectivity index (χ3n) is 7.37. The Labute approximate surface area is 208 Å². The Hall–Kier alpha value is -4.64. The molecule has 11 heteroatoms. The quantitative estimate of drug-likeness (QED) is 0.283. The number of carbonyl (C=O) groups excluding carboxylic acids is 3. The van der Waals surface area contributed by atoms with E-state index in [0.717, 1.165) is 16.5 Å². The number of carbonyl (C=O) groups is 3. The van der Waals surface area contributed by atoms with E-state index in [1.54, 1.807) is 12.1 Å². The number of fused-ring (bicyclic) bond motifs is 4. The second kappa shape index (κ2) is 7.93. The molecule has 0 aliphatic carbocycles. The van der Waals surface area contributed by atoms with Crippen molar-refractivity contribution >= 4 is 34.8 Å². The molecule has 3 N–H and O–H groups in total. The number of anilines is 2. The molecule has 186 valence electrons. The van der Waals surface area contributed by atoms with Gasteiger partial charge in [-0.1, -0.05) is 18.2 Å². The van der Waals surface area contributed by atoms with Crippen LogP contribution in [0.25, 0.3) is 0 Å². The Balaban J connectivity index is 1.49. The van der Waals surface area contributed by atoms with E-state index in [9.17, 15) is 34.0 Å². The van der Waals surface area contributed by atoms with Gasteiger partial charge in [-0.2, -0.15) is 0 Å². The molecule has 10 nitrogen and oxygen atoms in total. The minimum absolute atomic E-state index is 0.0232. The predicted molar refractivity (Wildman–Crippen MR) is 128 cm³/mol. The molecule has 4 atom stereocenters. The van der Waals surface area contributed by atoms with Gasteiger partial charge in [0.1, 0.15) is 17.1 Å². The minimum atomic E-state index is -1.72. The largest absolute Gasteiger partial charge is 0.508 e. The monoisotopic (exact) mass is 502 g/mol. The number of aromatic hydroxyl groups is 1. The first kappa shape index (κ1) is 22.8. The summed E-state index contributed by atoms with van der Waals surface area (Å²) in [5.41, 5.74) is -0.700. The Kier molecular flexibility index (Phi) is 4.89. The van der Waals surface area contributed by atoms with Crippen LogP contribution in [-0.2, 0) is 26.3 Å². The number of nitro groups is 1. The number of phenols is 1. The van der Waals surface area contributed by atoms with Gasteiger partial charge in [-0.3, -0.25) is 29.8 Å². The fraction of sp³-hybridized carbons (Fsp3) is 0.192. The van der Waals surface area contributed by atoms with Crippen molar-refractivity contribution in [2.45, 2.75) is 18.0 Å². The zero-order valence-electron chi connectivity index (χ0n) is 19.1. The highest BCUT2D eigenvalue weighted by molar-refractivity contribution is 6.25. The molecular formula is C26H19FN4O6. The number of nitro benzene ring substituents is 1. The highest BCUT2D eigenvalue weighted by Gasteiger charge is 2.70. The molecule has 3 aromatic carbocycles. The van der Waals surface area contributed by atoms with Crippen molar-refractivity contribution in [3.8, 4) is 5.75 Å². The minimum Gasteiger partial charge on any atom is -0.508 e. The average molecular weight is 502 g/mol. The lowest BCUT2D eigenvalue weighted by molar-refractivity contribution is -0.384.